The third-order valence-corrected chi connectivity index (χ3v) is 3.89. The Morgan fingerprint density at radius 3 is 2.79 bits per heavy atom. The number of halogens is 3. The number of hydrogen-bond acceptors (Lipinski definition) is 3. The Morgan fingerprint density at radius 1 is 1.21 bits per heavy atom. The number of nitrogens with one attached hydrogen (secondary N) is 1. The number of carbonyl (C=O) groups excluding carboxylic acids is 1. The van der Waals surface area contributed by atoms with E-state index in [0.29, 0.717) is 5.82 Å². The molecule has 0 unspecified atom stereocenters. The standard InChI is InChI=1S/C16H11Cl2FN4O/c17-12-7-13(18)14(19)6-11(12)16(24)22-8-10-1-2-21-15(5-10)23-4-3-20-9-23/h1-7,9H,8H2,(H,22,24). The molecule has 3 rings (SSSR count). The minimum Gasteiger partial charge on any atom is -0.348 e. The second-order valence-electron chi connectivity index (χ2n) is 4.92. The first-order valence-electron chi connectivity index (χ1n) is 6.90. The third kappa shape index (κ3) is 3.55. The highest BCUT2D eigenvalue weighted by molar-refractivity contribution is 6.36. The lowest BCUT2D eigenvalue weighted by atomic mass is 10.2. The molecule has 5 nitrogen and oxygen atoms in total. The number of pyridine rings is 1. The van der Waals surface area contributed by atoms with E-state index in [1.807, 2.05) is 6.07 Å². The summed E-state index contributed by atoms with van der Waals surface area (Å²) in [5.74, 6) is -0.510. The zero-order valence-electron chi connectivity index (χ0n) is 12.2. The lowest BCUT2D eigenvalue weighted by Gasteiger charge is -2.09. The second kappa shape index (κ2) is 6.98. The van der Waals surface area contributed by atoms with Crippen molar-refractivity contribution in [1.29, 1.82) is 0 Å². The van der Waals surface area contributed by atoms with Crippen molar-refractivity contribution in [3.05, 3.63) is 76.2 Å². The highest BCUT2D eigenvalue weighted by Crippen LogP contribution is 2.24. The van der Waals surface area contributed by atoms with Gasteiger partial charge in [-0.15, -0.1) is 0 Å². The molecule has 1 amide bonds. The molecule has 3 aromatic rings. The molecule has 8 heteroatoms. The maximum atomic E-state index is 13.5. The largest absolute Gasteiger partial charge is 0.348 e. The van der Waals surface area contributed by atoms with Crippen molar-refractivity contribution in [2.75, 3.05) is 0 Å². The van der Waals surface area contributed by atoms with Crippen LogP contribution in [0.2, 0.25) is 10.0 Å². The van der Waals surface area contributed by atoms with Gasteiger partial charge in [-0.2, -0.15) is 0 Å². The van der Waals surface area contributed by atoms with E-state index in [1.54, 1.807) is 35.6 Å². The molecule has 0 radical (unpaired) electrons. The Balaban J connectivity index is 1.73. The van der Waals surface area contributed by atoms with Crippen LogP contribution in [0.3, 0.4) is 0 Å². The number of benzene rings is 1. The maximum absolute atomic E-state index is 13.5. The molecule has 1 N–H and O–H groups in total. The van der Waals surface area contributed by atoms with Crippen molar-refractivity contribution in [2.24, 2.45) is 0 Å². The highest BCUT2D eigenvalue weighted by Gasteiger charge is 2.14. The third-order valence-electron chi connectivity index (χ3n) is 3.29. The molecule has 2 aromatic heterocycles. The first-order valence-corrected chi connectivity index (χ1v) is 7.66. The van der Waals surface area contributed by atoms with E-state index < -0.39 is 11.7 Å². The van der Waals surface area contributed by atoms with Gasteiger partial charge in [-0.3, -0.25) is 9.36 Å². The van der Waals surface area contributed by atoms with Crippen molar-refractivity contribution < 1.29 is 9.18 Å². The van der Waals surface area contributed by atoms with Gasteiger partial charge in [0.2, 0.25) is 0 Å². The summed E-state index contributed by atoms with van der Waals surface area (Å²) in [4.78, 5) is 20.4. The van der Waals surface area contributed by atoms with Gasteiger partial charge in [0.05, 0.1) is 15.6 Å². The molecular weight excluding hydrogens is 354 g/mol. The molecule has 0 saturated carbocycles. The van der Waals surface area contributed by atoms with Crippen LogP contribution in [-0.4, -0.2) is 20.4 Å². The second-order valence-corrected chi connectivity index (χ2v) is 5.74. The van der Waals surface area contributed by atoms with Crippen LogP contribution in [0.5, 0.6) is 0 Å². The summed E-state index contributed by atoms with van der Waals surface area (Å²) >= 11 is 11.6. The molecule has 0 saturated heterocycles. The van der Waals surface area contributed by atoms with Gasteiger partial charge in [-0.05, 0) is 29.8 Å². The van der Waals surface area contributed by atoms with Gasteiger partial charge < -0.3 is 5.32 Å². The summed E-state index contributed by atoms with van der Waals surface area (Å²) in [6.45, 7) is 0.240. The van der Waals surface area contributed by atoms with E-state index in [9.17, 15) is 9.18 Å². The van der Waals surface area contributed by atoms with Crippen LogP contribution in [0.4, 0.5) is 4.39 Å². The molecule has 0 aliphatic carbocycles. The predicted molar refractivity (Wildman–Crippen MR) is 88.9 cm³/mol. The van der Waals surface area contributed by atoms with Gasteiger partial charge in [-0.25, -0.2) is 14.4 Å². The summed E-state index contributed by atoms with van der Waals surface area (Å²) in [7, 11) is 0. The van der Waals surface area contributed by atoms with Crippen molar-refractivity contribution in [1.82, 2.24) is 19.9 Å². The topological polar surface area (TPSA) is 59.8 Å². The zero-order chi connectivity index (χ0) is 17.1. The van der Waals surface area contributed by atoms with Crippen LogP contribution >= 0.6 is 23.2 Å². The predicted octanol–water partition coefficient (Wildman–Crippen LogP) is 3.64. The van der Waals surface area contributed by atoms with E-state index in [0.717, 1.165) is 11.6 Å². The Labute approximate surface area is 147 Å². The highest BCUT2D eigenvalue weighted by atomic mass is 35.5. The minimum absolute atomic E-state index is 0.0301. The molecule has 0 atom stereocenters. The van der Waals surface area contributed by atoms with Gasteiger partial charge in [0.25, 0.3) is 5.91 Å². The quantitative estimate of drug-likeness (QED) is 0.718. The van der Waals surface area contributed by atoms with E-state index in [-0.39, 0.29) is 22.2 Å². The number of hydrogen-bond donors (Lipinski definition) is 1. The fraction of sp³-hybridized carbons (Fsp3) is 0.0625. The van der Waals surface area contributed by atoms with Crippen LogP contribution in [0.25, 0.3) is 5.82 Å². The van der Waals surface area contributed by atoms with Crippen LogP contribution in [0.15, 0.2) is 49.2 Å². The summed E-state index contributed by atoms with van der Waals surface area (Å²) in [6, 6.07) is 5.80. The van der Waals surface area contributed by atoms with Crippen molar-refractivity contribution >= 4 is 29.1 Å². The fourth-order valence-corrected chi connectivity index (χ4v) is 2.55. The van der Waals surface area contributed by atoms with Gasteiger partial charge in [-0.1, -0.05) is 23.2 Å². The van der Waals surface area contributed by atoms with Crippen LogP contribution < -0.4 is 5.32 Å². The lowest BCUT2D eigenvalue weighted by Crippen LogP contribution is -2.23. The minimum atomic E-state index is -0.697. The van der Waals surface area contributed by atoms with Gasteiger partial charge in [0, 0.05) is 25.1 Å². The smallest absolute Gasteiger partial charge is 0.253 e. The van der Waals surface area contributed by atoms with Crippen molar-refractivity contribution in [3.63, 3.8) is 0 Å². The molecule has 0 aliphatic rings. The molecule has 1 aromatic carbocycles. The number of rotatable bonds is 4. The van der Waals surface area contributed by atoms with E-state index in [1.165, 1.54) is 6.07 Å². The number of aromatic nitrogens is 3. The molecule has 24 heavy (non-hydrogen) atoms. The van der Waals surface area contributed by atoms with Crippen LogP contribution in [0, 0.1) is 5.82 Å². The van der Waals surface area contributed by atoms with Gasteiger partial charge in [0.1, 0.15) is 18.0 Å². The summed E-state index contributed by atoms with van der Waals surface area (Å²) in [5.41, 5.74) is 0.857. The first-order chi connectivity index (χ1) is 11.5. The lowest BCUT2D eigenvalue weighted by molar-refractivity contribution is 0.0950. The number of imidazole rings is 1. The van der Waals surface area contributed by atoms with Crippen molar-refractivity contribution in [3.8, 4) is 5.82 Å². The Kier molecular flexibility index (Phi) is 4.78. The molecular formula is C16H11Cl2FN4O. The Morgan fingerprint density at radius 2 is 2.04 bits per heavy atom. The maximum Gasteiger partial charge on any atom is 0.253 e. The molecule has 0 spiro atoms. The Bertz CT molecular complexity index is 884. The molecule has 0 bridgehead atoms. The normalized spacial score (nSPS) is 10.6. The average molecular weight is 365 g/mol. The Hall–Kier alpha value is -2.44. The molecule has 0 aliphatic heterocycles. The van der Waals surface area contributed by atoms with E-state index >= 15 is 0 Å². The van der Waals surface area contributed by atoms with Crippen LogP contribution in [-0.2, 0) is 6.54 Å². The van der Waals surface area contributed by atoms with E-state index in [4.69, 9.17) is 23.2 Å². The summed E-state index contributed by atoms with van der Waals surface area (Å²) in [5, 5.41) is 2.65. The first kappa shape index (κ1) is 16.4. The SMILES string of the molecule is O=C(NCc1ccnc(-n2ccnc2)c1)c1cc(F)c(Cl)cc1Cl. The van der Waals surface area contributed by atoms with Gasteiger partial charge in [0.15, 0.2) is 0 Å². The fourth-order valence-electron chi connectivity index (χ4n) is 2.08. The zero-order valence-corrected chi connectivity index (χ0v) is 13.7. The van der Waals surface area contributed by atoms with Crippen molar-refractivity contribution in [2.45, 2.75) is 6.54 Å². The summed E-state index contributed by atoms with van der Waals surface area (Å²) < 4.78 is 15.3. The molecule has 122 valence electrons. The molecule has 2 heterocycles. The van der Waals surface area contributed by atoms with Crippen LogP contribution in [0.1, 0.15) is 15.9 Å². The number of nitrogens with zero attached hydrogens (tertiary/aromatic N) is 3. The average Bonchev–Trinajstić information content (AvgIpc) is 3.11. The summed E-state index contributed by atoms with van der Waals surface area (Å²) in [6.07, 6.45) is 6.67. The van der Waals surface area contributed by atoms with Gasteiger partial charge >= 0.3 is 0 Å². The van der Waals surface area contributed by atoms with E-state index in [2.05, 4.69) is 15.3 Å². The monoisotopic (exact) mass is 364 g/mol. The number of amides is 1. The number of carbonyl (C=O) groups is 1. The molecule has 0 fully saturated rings.